The lowest BCUT2D eigenvalue weighted by Crippen LogP contribution is -2.11. The van der Waals surface area contributed by atoms with Crippen LogP contribution in [0.25, 0.3) is 11.3 Å². The number of rotatable bonds is 3. The summed E-state index contributed by atoms with van der Waals surface area (Å²) in [6.07, 6.45) is -9.82. The molecule has 0 amide bonds. The van der Waals surface area contributed by atoms with Crippen LogP contribution in [0.5, 0.6) is 0 Å². The van der Waals surface area contributed by atoms with Gasteiger partial charge in [0.2, 0.25) is 5.16 Å². The third-order valence-corrected chi connectivity index (χ3v) is 4.67. The summed E-state index contributed by atoms with van der Waals surface area (Å²) in [5.74, 6) is 0. The van der Waals surface area contributed by atoms with Crippen molar-refractivity contribution < 1.29 is 26.3 Å². The van der Waals surface area contributed by atoms with E-state index in [-0.39, 0.29) is 22.5 Å². The van der Waals surface area contributed by atoms with Gasteiger partial charge in [0.1, 0.15) is 0 Å². The van der Waals surface area contributed by atoms with E-state index < -0.39 is 23.5 Å². The molecule has 0 radical (unpaired) electrons. The van der Waals surface area contributed by atoms with Crippen molar-refractivity contribution in [2.24, 2.45) is 0 Å². The average Bonchev–Trinajstić information content (AvgIpc) is 3.17. The number of tetrazole rings is 1. The van der Waals surface area contributed by atoms with Gasteiger partial charge in [0.25, 0.3) is 0 Å². The molecule has 13 heteroatoms. The summed E-state index contributed by atoms with van der Waals surface area (Å²) >= 11 is 2.01. The van der Waals surface area contributed by atoms with E-state index in [1.165, 1.54) is 5.38 Å². The molecule has 1 aromatic carbocycles. The Balaban J connectivity index is 2.00. The van der Waals surface area contributed by atoms with Crippen LogP contribution in [0.2, 0.25) is 0 Å². The molecule has 1 N–H and O–H groups in total. The van der Waals surface area contributed by atoms with Gasteiger partial charge in [-0.1, -0.05) is 0 Å². The Kier molecular flexibility index (Phi) is 4.45. The lowest BCUT2D eigenvalue weighted by atomic mass is 10.0. The number of hydrogen-bond donors (Lipinski definition) is 1. The molecule has 0 atom stereocenters. The third kappa shape index (κ3) is 4.10. The molecule has 0 fully saturated rings. The molecule has 0 bridgehead atoms. The number of thiazole rings is 1. The Morgan fingerprint density at radius 3 is 2.12 bits per heavy atom. The van der Waals surface area contributed by atoms with Crippen LogP contribution in [0.3, 0.4) is 0 Å². The number of alkyl halides is 6. The Morgan fingerprint density at radius 2 is 1.60 bits per heavy atom. The van der Waals surface area contributed by atoms with Gasteiger partial charge < -0.3 is 0 Å². The van der Waals surface area contributed by atoms with Gasteiger partial charge in [-0.05, 0) is 35.2 Å². The average molecular weight is 397 g/mol. The molecule has 25 heavy (non-hydrogen) atoms. The van der Waals surface area contributed by atoms with Gasteiger partial charge in [-0.25, -0.2) is 4.98 Å². The number of nitrogens with one attached hydrogen (secondary N) is 1. The lowest BCUT2D eigenvalue weighted by molar-refractivity contribution is -0.143. The summed E-state index contributed by atoms with van der Waals surface area (Å²) in [4.78, 5) is 4.03. The monoisotopic (exact) mass is 397 g/mol. The fraction of sp³-hybridized carbons (Fsp3) is 0.167. The second kappa shape index (κ2) is 6.29. The van der Waals surface area contributed by atoms with E-state index in [1.807, 2.05) is 0 Å². The first-order valence-electron chi connectivity index (χ1n) is 6.29. The maximum absolute atomic E-state index is 12.9. The zero-order valence-electron chi connectivity index (χ0n) is 11.7. The Bertz CT molecular complexity index is 839. The number of H-pyrrole nitrogens is 1. The first kappa shape index (κ1) is 17.7. The van der Waals surface area contributed by atoms with Crippen molar-refractivity contribution in [3.63, 3.8) is 0 Å². The minimum atomic E-state index is -4.91. The quantitative estimate of drug-likeness (QED) is 0.659. The van der Waals surface area contributed by atoms with E-state index in [1.54, 1.807) is 0 Å². The van der Waals surface area contributed by atoms with E-state index in [0.29, 0.717) is 16.5 Å². The Morgan fingerprint density at radius 1 is 0.960 bits per heavy atom. The fourth-order valence-electron chi connectivity index (χ4n) is 1.81. The molecular weight excluding hydrogens is 392 g/mol. The molecule has 0 aliphatic rings. The largest absolute Gasteiger partial charge is 0.416 e. The molecule has 0 unspecified atom stereocenters. The van der Waals surface area contributed by atoms with Gasteiger partial charge in [-0.3, -0.25) is 0 Å². The molecule has 132 valence electrons. The predicted octanol–water partition coefficient (Wildman–Crippen LogP) is 4.51. The van der Waals surface area contributed by atoms with Crippen LogP contribution in [0.1, 0.15) is 11.1 Å². The van der Waals surface area contributed by atoms with Gasteiger partial charge in [-0.15, -0.1) is 21.5 Å². The molecule has 0 saturated heterocycles. The molecule has 5 nitrogen and oxygen atoms in total. The van der Waals surface area contributed by atoms with Crippen molar-refractivity contribution in [2.45, 2.75) is 21.8 Å². The molecule has 0 aliphatic heterocycles. The standard InChI is InChI=1S/C12H5F6N5S2/c13-11(14,15)6-1-5(2-7(3-6)12(16,17)18)8-4-24-10(19-8)25-9-20-22-23-21-9/h1-4H,(H,20,21,22,23). The molecule has 0 saturated carbocycles. The lowest BCUT2D eigenvalue weighted by Gasteiger charge is -2.13. The van der Waals surface area contributed by atoms with E-state index in [0.717, 1.165) is 23.1 Å². The second-order valence-corrected chi connectivity index (χ2v) is 6.66. The molecular formula is C12H5F6N5S2. The van der Waals surface area contributed by atoms with Gasteiger partial charge in [0, 0.05) is 10.9 Å². The van der Waals surface area contributed by atoms with Gasteiger partial charge in [0.05, 0.1) is 16.8 Å². The zero-order valence-corrected chi connectivity index (χ0v) is 13.3. The van der Waals surface area contributed by atoms with E-state index in [9.17, 15) is 26.3 Å². The van der Waals surface area contributed by atoms with Crippen molar-refractivity contribution in [1.82, 2.24) is 25.6 Å². The van der Waals surface area contributed by atoms with E-state index in [2.05, 4.69) is 25.6 Å². The highest BCUT2D eigenvalue weighted by molar-refractivity contribution is 8.00. The number of halogens is 6. The number of nitrogens with zero attached hydrogens (tertiary/aromatic N) is 4. The van der Waals surface area contributed by atoms with Crippen LogP contribution in [-0.2, 0) is 12.4 Å². The molecule has 0 spiro atoms. The molecule has 3 rings (SSSR count). The summed E-state index contributed by atoms with van der Waals surface area (Å²) in [6.45, 7) is 0. The first-order valence-corrected chi connectivity index (χ1v) is 7.99. The second-order valence-electron chi connectivity index (χ2n) is 4.59. The van der Waals surface area contributed by atoms with Crippen molar-refractivity contribution in [2.75, 3.05) is 0 Å². The van der Waals surface area contributed by atoms with Crippen LogP contribution in [0, 0.1) is 0 Å². The summed E-state index contributed by atoms with van der Waals surface area (Å²) in [7, 11) is 0. The molecule has 2 aromatic heterocycles. The third-order valence-electron chi connectivity index (χ3n) is 2.87. The number of aromatic nitrogens is 5. The van der Waals surface area contributed by atoms with Gasteiger partial charge >= 0.3 is 12.4 Å². The minimum absolute atomic E-state index is 0.00686. The van der Waals surface area contributed by atoms with Crippen molar-refractivity contribution in [1.29, 1.82) is 0 Å². The maximum Gasteiger partial charge on any atom is 0.416 e. The van der Waals surface area contributed by atoms with Crippen molar-refractivity contribution in [3.8, 4) is 11.3 Å². The van der Waals surface area contributed by atoms with Crippen LogP contribution in [0.15, 0.2) is 33.1 Å². The highest BCUT2D eigenvalue weighted by Crippen LogP contribution is 2.39. The van der Waals surface area contributed by atoms with Crippen molar-refractivity contribution in [3.05, 3.63) is 34.7 Å². The van der Waals surface area contributed by atoms with Crippen LogP contribution >= 0.6 is 23.1 Å². The summed E-state index contributed by atoms with van der Waals surface area (Å²) in [6, 6.07) is 1.34. The summed E-state index contributed by atoms with van der Waals surface area (Å²) in [5, 5.41) is 14.5. The predicted molar refractivity (Wildman–Crippen MR) is 75.9 cm³/mol. The SMILES string of the molecule is FC(F)(F)c1cc(-c2csc(Sc3nn[nH]n3)n2)cc(C(F)(F)F)c1. The highest BCUT2D eigenvalue weighted by atomic mass is 32.2. The maximum atomic E-state index is 12.9. The summed E-state index contributed by atoms with van der Waals surface area (Å²) < 4.78 is 77.7. The highest BCUT2D eigenvalue weighted by Gasteiger charge is 2.37. The van der Waals surface area contributed by atoms with Crippen LogP contribution in [-0.4, -0.2) is 25.6 Å². The van der Waals surface area contributed by atoms with E-state index in [4.69, 9.17) is 0 Å². The van der Waals surface area contributed by atoms with Crippen molar-refractivity contribution >= 4 is 23.1 Å². The number of benzene rings is 1. The normalized spacial score (nSPS) is 12.6. The minimum Gasteiger partial charge on any atom is -0.229 e. The topological polar surface area (TPSA) is 67.3 Å². The Hall–Kier alpha value is -2.15. The molecule has 2 heterocycles. The zero-order chi connectivity index (χ0) is 18.2. The Labute approximate surface area is 143 Å². The fourth-order valence-corrected chi connectivity index (χ4v) is 3.39. The number of hydrogen-bond acceptors (Lipinski definition) is 6. The summed E-state index contributed by atoms with van der Waals surface area (Å²) in [5.41, 5.74) is -3.07. The smallest absolute Gasteiger partial charge is 0.229 e. The van der Waals surface area contributed by atoms with Gasteiger partial charge in [0.15, 0.2) is 4.34 Å². The number of aromatic amines is 1. The molecule has 0 aliphatic carbocycles. The molecule has 3 aromatic rings. The van der Waals surface area contributed by atoms with E-state index >= 15 is 0 Å². The van der Waals surface area contributed by atoms with Crippen LogP contribution < -0.4 is 0 Å². The van der Waals surface area contributed by atoms with Crippen LogP contribution in [0.4, 0.5) is 26.3 Å². The van der Waals surface area contributed by atoms with Gasteiger partial charge in [-0.2, -0.15) is 31.6 Å². The first-order chi connectivity index (χ1) is 11.6.